The van der Waals surface area contributed by atoms with Gasteiger partial charge in [-0.25, -0.2) is 4.90 Å². The molecule has 4 aliphatic heterocycles. The van der Waals surface area contributed by atoms with Crippen LogP contribution >= 0.6 is 0 Å². The van der Waals surface area contributed by atoms with E-state index in [2.05, 4.69) is 0 Å². The van der Waals surface area contributed by atoms with Crippen molar-refractivity contribution >= 4 is 35.0 Å². The van der Waals surface area contributed by atoms with Crippen LogP contribution in [-0.4, -0.2) is 35.8 Å². The number of ether oxygens (including phenoxy) is 1. The summed E-state index contributed by atoms with van der Waals surface area (Å²) in [5.41, 5.74) is 3.06. The van der Waals surface area contributed by atoms with Crippen molar-refractivity contribution in [3.63, 3.8) is 0 Å². The monoisotopic (exact) mass is 440 g/mol. The minimum absolute atomic E-state index is 0.193. The molecule has 0 N–H and O–H groups in total. The summed E-state index contributed by atoms with van der Waals surface area (Å²) in [6, 6.07) is 17.9. The van der Waals surface area contributed by atoms with E-state index in [1.807, 2.05) is 12.1 Å². The fraction of sp³-hybridized carbons (Fsp3) is 0.308. The van der Waals surface area contributed by atoms with Crippen molar-refractivity contribution in [3.05, 3.63) is 71.8 Å². The molecule has 0 saturated carbocycles. The Morgan fingerprint density at radius 2 is 0.970 bits per heavy atom. The second kappa shape index (κ2) is 6.48. The molecule has 7 nitrogen and oxygen atoms in total. The number of benzene rings is 2. The molecule has 33 heavy (non-hydrogen) atoms. The number of carbonyl (C=O) groups excluding carboxylic acids is 4. The SMILES string of the molecule is O=C1C2CC3=C(CC2C(=O)N1c1ccccc1)[C@@H]1O[C@H]3[C@H]2C(=O)N(c3ccccc3)C(=O)[C@H]21. The summed E-state index contributed by atoms with van der Waals surface area (Å²) in [7, 11) is 0. The number of hydrogen-bond acceptors (Lipinski definition) is 5. The van der Waals surface area contributed by atoms with Crippen molar-refractivity contribution in [2.24, 2.45) is 23.7 Å². The van der Waals surface area contributed by atoms with Gasteiger partial charge < -0.3 is 4.74 Å². The fourth-order valence-electron chi connectivity index (χ4n) is 6.52. The third kappa shape index (κ3) is 2.32. The van der Waals surface area contributed by atoms with Gasteiger partial charge in [-0.15, -0.1) is 0 Å². The van der Waals surface area contributed by atoms with E-state index in [0.29, 0.717) is 24.2 Å². The van der Waals surface area contributed by atoms with Crippen LogP contribution in [-0.2, 0) is 23.9 Å². The van der Waals surface area contributed by atoms with Gasteiger partial charge in [0.15, 0.2) is 0 Å². The van der Waals surface area contributed by atoms with E-state index in [4.69, 9.17) is 4.74 Å². The Morgan fingerprint density at radius 3 is 1.39 bits per heavy atom. The average Bonchev–Trinajstić information content (AvgIpc) is 3.54. The standard InChI is InChI=1S/C26H20N2O5/c29-23-17-11-15-16(12-18(17)24(30)27(23)13-7-3-1-4-8-13)22-20-19(21(15)33-22)25(31)28(26(20)32)14-9-5-2-6-10-14/h1-10,17-22H,11-12H2/t17?,18?,19-,20+,21+,22-. The van der Waals surface area contributed by atoms with Crippen LogP contribution in [0.4, 0.5) is 11.4 Å². The number of hydrogen-bond donors (Lipinski definition) is 0. The molecule has 2 aromatic carbocycles. The molecule has 1 aliphatic carbocycles. The molecule has 0 radical (unpaired) electrons. The van der Waals surface area contributed by atoms with Crippen molar-refractivity contribution in [3.8, 4) is 0 Å². The number of fused-ring (bicyclic) bond motifs is 8. The molecule has 4 amide bonds. The summed E-state index contributed by atoms with van der Waals surface area (Å²) in [5, 5.41) is 0. The Morgan fingerprint density at radius 1 is 0.576 bits per heavy atom. The molecular formula is C26H20N2O5. The van der Waals surface area contributed by atoms with E-state index in [0.717, 1.165) is 11.1 Å². The van der Waals surface area contributed by atoms with Gasteiger partial charge in [0.25, 0.3) is 0 Å². The summed E-state index contributed by atoms with van der Waals surface area (Å²) in [6.45, 7) is 0. The molecule has 4 heterocycles. The predicted molar refractivity (Wildman–Crippen MR) is 117 cm³/mol. The lowest BCUT2D eigenvalue weighted by Gasteiger charge is -2.31. The average molecular weight is 440 g/mol. The van der Waals surface area contributed by atoms with Gasteiger partial charge in [0, 0.05) is 0 Å². The van der Waals surface area contributed by atoms with Gasteiger partial charge in [-0.3, -0.25) is 24.1 Å². The zero-order valence-corrected chi connectivity index (χ0v) is 17.6. The number of imide groups is 2. The maximum absolute atomic E-state index is 13.3. The molecule has 0 aromatic heterocycles. The van der Waals surface area contributed by atoms with E-state index >= 15 is 0 Å². The molecule has 164 valence electrons. The third-order valence-corrected chi connectivity index (χ3v) is 7.91. The van der Waals surface area contributed by atoms with Crippen molar-refractivity contribution in [2.75, 3.05) is 9.80 Å². The molecule has 0 spiro atoms. The maximum Gasteiger partial charge on any atom is 0.240 e. The van der Waals surface area contributed by atoms with Crippen LogP contribution in [0.1, 0.15) is 12.8 Å². The largest absolute Gasteiger partial charge is 0.365 e. The molecule has 7 heteroatoms. The predicted octanol–water partition coefficient (Wildman–Crippen LogP) is 2.47. The van der Waals surface area contributed by atoms with E-state index in [9.17, 15) is 19.2 Å². The Kier molecular flexibility index (Phi) is 3.72. The molecule has 2 aromatic rings. The lowest BCUT2D eigenvalue weighted by Crippen LogP contribution is -2.36. The third-order valence-electron chi connectivity index (χ3n) is 7.91. The number of nitrogens with zero attached hydrogens (tertiary/aromatic N) is 2. The van der Waals surface area contributed by atoms with Crippen molar-refractivity contribution in [2.45, 2.75) is 25.0 Å². The van der Waals surface area contributed by atoms with Crippen LogP contribution in [0.15, 0.2) is 71.8 Å². The Labute approximate surface area is 189 Å². The molecule has 3 fully saturated rings. The first-order chi connectivity index (χ1) is 16.1. The second-order valence-electron chi connectivity index (χ2n) is 9.40. The van der Waals surface area contributed by atoms with Crippen LogP contribution in [0.5, 0.6) is 0 Å². The van der Waals surface area contributed by atoms with E-state index < -0.39 is 35.9 Å². The highest BCUT2D eigenvalue weighted by Crippen LogP contribution is 2.58. The lowest BCUT2D eigenvalue weighted by atomic mass is 9.67. The first-order valence-electron chi connectivity index (χ1n) is 11.3. The summed E-state index contributed by atoms with van der Waals surface area (Å²) >= 11 is 0. The Bertz CT molecular complexity index is 1210. The quantitative estimate of drug-likeness (QED) is 0.529. The van der Waals surface area contributed by atoms with Crippen molar-refractivity contribution in [1.29, 1.82) is 0 Å². The minimum Gasteiger partial charge on any atom is -0.365 e. The molecule has 5 aliphatic rings. The van der Waals surface area contributed by atoms with Gasteiger partial charge in [-0.2, -0.15) is 0 Å². The first-order valence-corrected chi connectivity index (χ1v) is 11.3. The number of anilines is 2. The van der Waals surface area contributed by atoms with Gasteiger partial charge in [0.1, 0.15) is 0 Å². The van der Waals surface area contributed by atoms with Gasteiger partial charge in [-0.1, -0.05) is 36.4 Å². The summed E-state index contributed by atoms with van der Waals surface area (Å²) in [6.07, 6.45) is -0.166. The maximum atomic E-state index is 13.3. The van der Waals surface area contributed by atoms with Crippen molar-refractivity contribution < 1.29 is 23.9 Å². The minimum atomic E-state index is -0.560. The van der Waals surface area contributed by atoms with Crippen LogP contribution in [0.2, 0.25) is 0 Å². The molecule has 6 atom stereocenters. The highest BCUT2D eigenvalue weighted by molar-refractivity contribution is 6.24. The zero-order chi connectivity index (χ0) is 22.4. The van der Waals surface area contributed by atoms with Gasteiger partial charge in [0.2, 0.25) is 23.6 Å². The number of carbonyl (C=O) groups is 4. The van der Waals surface area contributed by atoms with Gasteiger partial charge in [0.05, 0.1) is 47.3 Å². The zero-order valence-electron chi connectivity index (χ0n) is 17.6. The van der Waals surface area contributed by atoms with Crippen LogP contribution in [0, 0.1) is 23.7 Å². The topological polar surface area (TPSA) is 84.0 Å². The molecule has 2 bridgehead atoms. The van der Waals surface area contributed by atoms with Crippen LogP contribution in [0.25, 0.3) is 0 Å². The van der Waals surface area contributed by atoms with Gasteiger partial charge in [-0.05, 0) is 48.3 Å². The number of amides is 4. The normalized spacial score (nSPS) is 34.3. The fourth-order valence-corrected chi connectivity index (χ4v) is 6.52. The Balaban J connectivity index is 1.21. The number of para-hydroxylation sites is 2. The van der Waals surface area contributed by atoms with E-state index in [1.165, 1.54) is 9.80 Å². The summed E-state index contributed by atoms with van der Waals surface area (Å²) in [4.78, 5) is 55.7. The summed E-state index contributed by atoms with van der Waals surface area (Å²) < 4.78 is 6.18. The molecule has 7 rings (SSSR count). The smallest absolute Gasteiger partial charge is 0.240 e. The summed E-state index contributed by atoms with van der Waals surface area (Å²) in [5.74, 6) is -2.88. The number of rotatable bonds is 2. The Hall–Kier alpha value is -3.58. The molecule has 3 saturated heterocycles. The van der Waals surface area contributed by atoms with Crippen LogP contribution in [0.3, 0.4) is 0 Å². The van der Waals surface area contributed by atoms with Crippen LogP contribution < -0.4 is 9.80 Å². The first kappa shape index (κ1) is 18.9. The molecular weight excluding hydrogens is 420 g/mol. The lowest BCUT2D eigenvalue weighted by molar-refractivity contribution is -0.125. The van der Waals surface area contributed by atoms with E-state index in [1.54, 1.807) is 48.5 Å². The highest BCUT2D eigenvalue weighted by atomic mass is 16.5. The van der Waals surface area contributed by atoms with E-state index in [-0.39, 0.29) is 23.6 Å². The highest BCUT2D eigenvalue weighted by Gasteiger charge is 2.67. The molecule has 2 unspecified atom stereocenters. The van der Waals surface area contributed by atoms with Crippen molar-refractivity contribution in [1.82, 2.24) is 0 Å². The van der Waals surface area contributed by atoms with Gasteiger partial charge >= 0.3 is 0 Å². The second-order valence-corrected chi connectivity index (χ2v) is 9.40.